The van der Waals surface area contributed by atoms with Crippen molar-refractivity contribution in [3.63, 3.8) is 0 Å². The molecule has 0 radical (unpaired) electrons. The lowest BCUT2D eigenvalue weighted by atomic mass is 10.0. The van der Waals surface area contributed by atoms with Crippen LogP contribution in [0.25, 0.3) is 0 Å². The highest BCUT2D eigenvalue weighted by Crippen LogP contribution is 2.13. The molecule has 0 aliphatic heterocycles. The zero-order valence-corrected chi connectivity index (χ0v) is 14.1. The van der Waals surface area contributed by atoms with Gasteiger partial charge in [-0.3, -0.25) is 9.59 Å². The SMILES string of the molecule is COc1ccc(C(=O)N[C@H](C(=O)Nc2cc(C)on2)C(C)C)cc1. The van der Waals surface area contributed by atoms with Gasteiger partial charge in [-0.25, -0.2) is 0 Å². The standard InChI is InChI=1S/C17H21N3O4/c1-10(2)15(17(22)18-14-9-11(3)24-20-14)19-16(21)12-5-7-13(23-4)8-6-12/h5-10,15H,1-4H3,(H,19,21)(H,18,20,22)/t15-/m0/s1. The average Bonchev–Trinajstić information content (AvgIpc) is 2.96. The van der Waals surface area contributed by atoms with E-state index < -0.39 is 6.04 Å². The Labute approximate surface area is 140 Å². The summed E-state index contributed by atoms with van der Waals surface area (Å²) in [6.07, 6.45) is 0. The second kappa shape index (κ2) is 7.63. The van der Waals surface area contributed by atoms with E-state index in [0.717, 1.165) is 0 Å². The van der Waals surface area contributed by atoms with Crippen molar-refractivity contribution in [2.24, 2.45) is 5.92 Å². The Kier molecular flexibility index (Phi) is 5.57. The largest absolute Gasteiger partial charge is 0.497 e. The molecule has 128 valence electrons. The molecule has 0 saturated heterocycles. The first-order valence-electron chi connectivity index (χ1n) is 7.60. The summed E-state index contributed by atoms with van der Waals surface area (Å²) in [6.45, 7) is 5.44. The Morgan fingerprint density at radius 2 is 1.88 bits per heavy atom. The number of hydrogen-bond donors (Lipinski definition) is 2. The number of nitrogens with zero attached hydrogens (tertiary/aromatic N) is 1. The molecule has 0 spiro atoms. The summed E-state index contributed by atoms with van der Waals surface area (Å²) in [5, 5.41) is 9.11. The van der Waals surface area contributed by atoms with Crippen LogP contribution in [0.1, 0.15) is 30.0 Å². The molecule has 0 bridgehead atoms. The predicted molar refractivity (Wildman–Crippen MR) is 89.0 cm³/mol. The third kappa shape index (κ3) is 4.34. The fourth-order valence-electron chi connectivity index (χ4n) is 2.13. The molecular formula is C17H21N3O4. The second-order valence-corrected chi connectivity index (χ2v) is 5.74. The van der Waals surface area contributed by atoms with E-state index in [9.17, 15) is 9.59 Å². The van der Waals surface area contributed by atoms with Crippen molar-refractivity contribution < 1.29 is 18.8 Å². The monoisotopic (exact) mass is 331 g/mol. The Morgan fingerprint density at radius 1 is 1.21 bits per heavy atom. The Balaban J connectivity index is 2.06. The second-order valence-electron chi connectivity index (χ2n) is 5.74. The molecule has 7 nitrogen and oxygen atoms in total. The van der Waals surface area contributed by atoms with Crippen molar-refractivity contribution in [3.05, 3.63) is 41.7 Å². The first-order valence-corrected chi connectivity index (χ1v) is 7.60. The van der Waals surface area contributed by atoms with Gasteiger partial charge in [0.05, 0.1) is 7.11 Å². The van der Waals surface area contributed by atoms with Gasteiger partial charge in [0, 0.05) is 11.6 Å². The molecule has 0 fully saturated rings. The van der Waals surface area contributed by atoms with E-state index in [2.05, 4.69) is 15.8 Å². The third-order valence-corrected chi connectivity index (χ3v) is 3.47. The zero-order chi connectivity index (χ0) is 17.7. The van der Waals surface area contributed by atoms with Crippen molar-refractivity contribution in [3.8, 4) is 5.75 Å². The van der Waals surface area contributed by atoms with Crippen LogP contribution in [0.2, 0.25) is 0 Å². The maximum atomic E-state index is 12.4. The molecule has 2 rings (SSSR count). The van der Waals surface area contributed by atoms with Gasteiger partial charge in [-0.1, -0.05) is 19.0 Å². The number of aromatic nitrogens is 1. The van der Waals surface area contributed by atoms with Crippen molar-refractivity contribution >= 4 is 17.6 Å². The molecule has 1 atom stereocenters. The average molecular weight is 331 g/mol. The fraction of sp³-hybridized carbons (Fsp3) is 0.353. The predicted octanol–water partition coefficient (Wildman–Crippen LogP) is 2.38. The van der Waals surface area contributed by atoms with Crippen LogP contribution < -0.4 is 15.4 Å². The van der Waals surface area contributed by atoms with Crippen LogP contribution in [-0.2, 0) is 4.79 Å². The number of benzene rings is 1. The van der Waals surface area contributed by atoms with Gasteiger partial charge in [0.2, 0.25) is 5.91 Å². The minimum absolute atomic E-state index is 0.0970. The van der Waals surface area contributed by atoms with Gasteiger partial charge in [-0.15, -0.1) is 0 Å². The lowest BCUT2D eigenvalue weighted by Crippen LogP contribution is -2.47. The summed E-state index contributed by atoms with van der Waals surface area (Å²) < 4.78 is 9.98. The van der Waals surface area contributed by atoms with Crippen LogP contribution in [-0.4, -0.2) is 30.1 Å². The quantitative estimate of drug-likeness (QED) is 0.847. The first-order chi connectivity index (χ1) is 11.4. The molecule has 0 aliphatic carbocycles. The minimum Gasteiger partial charge on any atom is -0.497 e. The topological polar surface area (TPSA) is 93.5 Å². The molecule has 2 aromatic rings. The molecule has 24 heavy (non-hydrogen) atoms. The van der Waals surface area contributed by atoms with E-state index >= 15 is 0 Å². The number of aryl methyl sites for hydroxylation is 1. The lowest BCUT2D eigenvalue weighted by molar-refractivity contribution is -0.118. The molecule has 0 aliphatic rings. The van der Waals surface area contributed by atoms with E-state index in [1.165, 1.54) is 0 Å². The maximum absolute atomic E-state index is 12.4. The first kappa shape index (κ1) is 17.5. The molecule has 2 N–H and O–H groups in total. The van der Waals surface area contributed by atoms with Crippen LogP contribution in [0.3, 0.4) is 0 Å². The summed E-state index contributed by atoms with van der Waals surface area (Å²) in [5.41, 5.74) is 0.450. The molecule has 1 aromatic heterocycles. The Bertz CT molecular complexity index is 707. The highest BCUT2D eigenvalue weighted by molar-refractivity contribution is 6.01. The van der Waals surface area contributed by atoms with E-state index in [4.69, 9.17) is 9.26 Å². The summed E-state index contributed by atoms with van der Waals surface area (Å²) in [4.78, 5) is 24.8. The van der Waals surface area contributed by atoms with Crippen LogP contribution in [0.5, 0.6) is 5.75 Å². The molecule has 7 heteroatoms. The number of nitrogens with one attached hydrogen (secondary N) is 2. The van der Waals surface area contributed by atoms with Gasteiger partial charge < -0.3 is 19.9 Å². The maximum Gasteiger partial charge on any atom is 0.251 e. The van der Waals surface area contributed by atoms with Gasteiger partial charge in [-0.2, -0.15) is 0 Å². The number of rotatable bonds is 6. The van der Waals surface area contributed by atoms with Crippen molar-refractivity contribution in [1.82, 2.24) is 10.5 Å². The van der Waals surface area contributed by atoms with Crippen LogP contribution in [0.15, 0.2) is 34.9 Å². The van der Waals surface area contributed by atoms with Gasteiger partial charge in [0.25, 0.3) is 5.91 Å². The smallest absolute Gasteiger partial charge is 0.251 e. The van der Waals surface area contributed by atoms with E-state index in [-0.39, 0.29) is 17.7 Å². The highest BCUT2D eigenvalue weighted by Gasteiger charge is 2.25. The number of hydrogen-bond acceptors (Lipinski definition) is 5. The third-order valence-electron chi connectivity index (χ3n) is 3.47. The number of anilines is 1. The molecule has 1 aromatic carbocycles. The summed E-state index contributed by atoms with van der Waals surface area (Å²) in [7, 11) is 1.56. The number of amides is 2. The summed E-state index contributed by atoms with van der Waals surface area (Å²) in [6, 6.07) is 7.58. The number of carbonyl (C=O) groups is 2. The zero-order valence-electron chi connectivity index (χ0n) is 14.1. The van der Waals surface area contributed by atoms with Crippen molar-refractivity contribution in [1.29, 1.82) is 0 Å². The van der Waals surface area contributed by atoms with Gasteiger partial charge in [-0.05, 0) is 37.1 Å². The fourth-order valence-corrected chi connectivity index (χ4v) is 2.13. The van der Waals surface area contributed by atoms with Gasteiger partial charge in [0.1, 0.15) is 17.6 Å². The molecule has 1 heterocycles. The van der Waals surface area contributed by atoms with E-state index in [1.807, 2.05) is 13.8 Å². The van der Waals surface area contributed by atoms with Crippen LogP contribution in [0.4, 0.5) is 5.82 Å². The van der Waals surface area contributed by atoms with Crippen LogP contribution in [0, 0.1) is 12.8 Å². The van der Waals surface area contributed by atoms with Crippen molar-refractivity contribution in [2.45, 2.75) is 26.8 Å². The van der Waals surface area contributed by atoms with Gasteiger partial charge in [0.15, 0.2) is 5.82 Å². The Hall–Kier alpha value is -2.83. The minimum atomic E-state index is -0.698. The number of ether oxygens (including phenoxy) is 1. The summed E-state index contributed by atoms with van der Waals surface area (Å²) in [5.74, 6) is 0.796. The Morgan fingerprint density at radius 3 is 2.38 bits per heavy atom. The van der Waals surface area contributed by atoms with E-state index in [1.54, 1.807) is 44.4 Å². The number of methoxy groups -OCH3 is 1. The normalized spacial score (nSPS) is 11.9. The van der Waals surface area contributed by atoms with Crippen LogP contribution >= 0.6 is 0 Å². The van der Waals surface area contributed by atoms with Gasteiger partial charge >= 0.3 is 0 Å². The number of carbonyl (C=O) groups excluding carboxylic acids is 2. The summed E-state index contributed by atoms with van der Waals surface area (Å²) >= 11 is 0. The lowest BCUT2D eigenvalue weighted by Gasteiger charge is -2.21. The molecule has 0 saturated carbocycles. The van der Waals surface area contributed by atoms with Crippen molar-refractivity contribution in [2.75, 3.05) is 12.4 Å². The molecule has 0 unspecified atom stereocenters. The van der Waals surface area contributed by atoms with E-state index in [0.29, 0.717) is 22.9 Å². The molecule has 2 amide bonds. The highest BCUT2D eigenvalue weighted by atomic mass is 16.5. The molecular weight excluding hydrogens is 310 g/mol.